The number of hydrogen-bond acceptors (Lipinski definition) is 4. The maximum atomic E-state index is 6.03. The van der Waals surface area contributed by atoms with Crippen LogP contribution in [0.4, 0.5) is 22.7 Å². The van der Waals surface area contributed by atoms with Gasteiger partial charge in [0.15, 0.2) is 0 Å². The minimum Gasteiger partial charge on any atom is -0.399 e. The van der Waals surface area contributed by atoms with Gasteiger partial charge in [0, 0.05) is 22.7 Å². The van der Waals surface area contributed by atoms with Gasteiger partial charge in [-0.2, -0.15) is 0 Å². The standard InChI is InChI=1S/C14H23N.2C8H11N.C7H9N/c1-3-5-7-12-9-10-13(8-6-4-2)14(15)11-12;1-6-4-3-5-8(9)7(6)2;1-2-7-5-3-4-6-8(7)9;1-6-3-2-4-7(8)5-6/h9-11H,3-8,15H2,1-2H3;3-5H,9H2,1-2H3;3-6H,2,9H2,1H3;2-5H,8H2,1H3. The average Bonchev–Trinajstić information content (AvgIpc) is 2.95. The van der Waals surface area contributed by atoms with Crippen LogP contribution in [-0.2, 0) is 19.3 Å². The van der Waals surface area contributed by atoms with Crippen LogP contribution in [0.2, 0.25) is 0 Å². The van der Waals surface area contributed by atoms with Crippen LogP contribution in [0.3, 0.4) is 0 Å². The Morgan fingerprint density at radius 3 is 1.66 bits per heavy atom. The summed E-state index contributed by atoms with van der Waals surface area (Å²) < 4.78 is 0. The highest BCUT2D eigenvalue weighted by Gasteiger charge is 2.00. The number of nitrogen functional groups attached to an aromatic ring is 4. The van der Waals surface area contributed by atoms with Gasteiger partial charge in [0.2, 0.25) is 0 Å². The van der Waals surface area contributed by atoms with Gasteiger partial charge in [-0.15, -0.1) is 0 Å². The molecule has 0 amide bonds. The number of unbranched alkanes of at least 4 members (excludes halogenated alkanes) is 2. The molecule has 4 nitrogen and oxygen atoms in total. The van der Waals surface area contributed by atoms with E-state index in [1.165, 1.54) is 59.1 Å². The quantitative estimate of drug-likeness (QED) is 0.171. The Balaban J connectivity index is 0.000000283. The summed E-state index contributed by atoms with van der Waals surface area (Å²) in [6, 6.07) is 28.3. The van der Waals surface area contributed by atoms with Crippen molar-refractivity contribution in [3.8, 4) is 0 Å². The van der Waals surface area contributed by atoms with Crippen LogP contribution in [0.25, 0.3) is 0 Å². The molecule has 8 N–H and O–H groups in total. The first-order chi connectivity index (χ1) is 19.6. The number of nitrogens with two attached hydrogens (primary N) is 4. The second-order valence-electron chi connectivity index (χ2n) is 10.5. The third-order valence-electron chi connectivity index (χ3n) is 6.95. The minimum atomic E-state index is 0.838. The van der Waals surface area contributed by atoms with Gasteiger partial charge in [0.05, 0.1) is 0 Å². The van der Waals surface area contributed by atoms with Gasteiger partial charge in [-0.3, -0.25) is 0 Å². The van der Waals surface area contributed by atoms with E-state index in [1.54, 1.807) is 0 Å². The first kappa shape index (κ1) is 35.1. The molecule has 41 heavy (non-hydrogen) atoms. The molecular formula is C37H54N4. The Kier molecular flexibility index (Phi) is 17.2. The molecule has 0 radical (unpaired) electrons. The van der Waals surface area contributed by atoms with Gasteiger partial charge in [0.25, 0.3) is 0 Å². The lowest BCUT2D eigenvalue weighted by Gasteiger charge is -2.07. The summed E-state index contributed by atoms with van der Waals surface area (Å²) in [5, 5.41) is 0. The fraction of sp³-hybridized carbons (Fsp3) is 0.351. The van der Waals surface area contributed by atoms with Crippen molar-refractivity contribution in [3.63, 3.8) is 0 Å². The zero-order valence-electron chi connectivity index (χ0n) is 26.3. The summed E-state index contributed by atoms with van der Waals surface area (Å²) in [7, 11) is 0. The lowest BCUT2D eigenvalue weighted by Crippen LogP contribution is -1.96. The summed E-state index contributed by atoms with van der Waals surface area (Å²) in [5.74, 6) is 0. The third-order valence-corrected chi connectivity index (χ3v) is 6.95. The van der Waals surface area contributed by atoms with Gasteiger partial charge in [-0.25, -0.2) is 0 Å². The minimum absolute atomic E-state index is 0.838. The van der Waals surface area contributed by atoms with E-state index in [1.807, 2.05) is 68.4 Å². The van der Waals surface area contributed by atoms with Crippen LogP contribution in [0.15, 0.2) is 84.9 Å². The molecule has 0 saturated heterocycles. The molecule has 0 saturated carbocycles. The number of benzene rings is 4. The number of aryl methyl sites for hydroxylation is 5. The maximum Gasteiger partial charge on any atom is 0.0349 e. The van der Waals surface area contributed by atoms with Crippen LogP contribution < -0.4 is 22.9 Å². The van der Waals surface area contributed by atoms with E-state index < -0.39 is 0 Å². The molecule has 0 unspecified atom stereocenters. The zero-order chi connectivity index (χ0) is 30.6. The molecule has 0 fully saturated rings. The first-order valence-corrected chi connectivity index (χ1v) is 15.0. The zero-order valence-corrected chi connectivity index (χ0v) is 26.3. The molecule has 0 atom stereocenters. The van der Waals surface area contributed by atoms with E-state index in [2.05, 4.69) is 58.0 Å². The van der Waals surface area contributed by atoms with Crippen molar-refractivity contribution in [2.75, 3.05) is 22.9 Å². The second-order valence-corrected chi connectivity index (χ2v) is 10.5. The van der Waals surface area contributed by atoms with Gasteiger partial charge in [0.1, 0.15) is 0 Å². The van der Waals surface area contributed by atoms with E-state index in [0.717, 1.165) is 42.0 Å². The molecule has 4 aromatic carbocycles. The Morgan fingerprint density at radius 1 is 0.537 bits per heavy atom. The Labute approximate surface area is 250 Å². The number of hydrogen-bond donors (Lipinski definition) is 4. The number of anilines is 4. The van der Waals surface area contributed by atoms with E-state index in [-0.39, 0.29) is 0 Å². The Morgan fingerprint density at radius 2 is 1.17 bits per heavy atom. The van der Waals surface area contributed by atoms with E-state index in [9.17, 15) is 0 Å². The van der Waals surface area contributed by atoms with Crippen LogP contribution in [-0.4, -0.2) is 0 Å². The van der Waals surface area contributed by atoms with Crippen molar-refractivity contribution in [3.05, 3.63) is 118 Å². The SMILES string of the molecule is CCCCc1ccc(CCCC)c(N)c1.CCc1ccccc1N.Cc1cccc(N)c1.Cc1cccc(N)c1C. The summed E-state index contributed by atoms with van der Waals surface area (Å²) in [6.07, 6.45) is 8.28. The van der Waals surface area contributed by atoms with Crippen LogP contribution in [0, 0.1) is 20.8 Å². The van der Waals surface area contributed by atoms with Gasteiger partial charge in [-0.05, 0) is 117 Å². The molecule has 222 valence electrons. The van der Waals surface area contributed by atoms with Crippen molar-refractivity contribution in [1.82, 2.24) is 0 Å². The van der Waals surface area contributed by atoms with Crippen LogP contribution >= 0.6 is 0 Å². The Hall–Kier alpha value is -3.92. The van der Waals surface area contributed by atoms with Gasteiger partial charge < -0.3 is 22.9 Å². The van der Waals surface area contributed by atoms with Crippen LogP contribution in [0.5, 0.6) is 0 Å². The molecule has 0 bridgehead atoms. The van der Waals surface area contributed by atoms with E-state index in [0.29, 0.717) is 0 Å². The van der Waals surface area contributed by atoms with E-state index >= 15 is 0 Å². The van der Waals surface area contributed by atoms with E-state index in [4.69, 9.17) is 22.9 Å². The normalized spacial score (nSPS) is 9.80. The average molecular weight is 555 g/mol. The summed E-state index contributed by atoms with van der Waals surface area (Å²) in [4.78, 5) is 0. The highest BCUT2D eigenvalue weighted by Crippen LogP contribution is 2.18. The third kappa shape index (κ3) is 14.3. The first-order valence-electron chi connectivity index (χ1n) is 15.0. The highest BCUT2D eigenvalue weighted by molar-refractivity contribution is 5.50. The summed E-state index contributed by atoms with van der Waals surface area (Å²) >= 11 is 0. The summed E-state index contributed by atoms with van der Waals surface area (Å²) in [5.41, 5.74) is 34.0. The molecule has 4 heteroatoms. The molecule has 4 aromatic rings. The molecule has 4 rings (SSSR count). The van der Waals surface area contributed by atoms with Crippen molar-refractivity contribution < 1.29 is 0 Å². The predicted molar refractivity (Wildman–Crippen MR) is 184 cm³/mol. The number of para-hydroxylation sites is 1. The molecular weight excluding hydrogens is 500 g/mol. The highest BCUT2D eigenvalue weighted by atomic mass is 14.6. The van der Waals surface area contributed by atoms with Crippen molar-refractivity contribution >= 4 is 22.7 Å². The fourth-order valence-electron chi connectivity index (χ4n) is 4.08. The van der Waals surface area contributed by atoms with Crippen molar-refractivity contribution in [2.45, 2.75) is 86.5 Å². The fourth-order valence-corrected chi connectivity index (χ4v) is 4.08. The van der Waals surface area contributed by atoms with Crippen molar-refractivity contribution in [1.29, 1.82) is 0 Å². The monoisotopic (exact) mass is 554 g/mol. The molecule has 0 heterocycles. The molecule has 0 aromatic heterocycles. The molecule has 0 aliphatic rings. The topological polar surface area (TPSA) is 104 Å². The predicted octanol–water partition coefficient (Wildman–Crippen LogP) is 9.25. The van der Waals surface area contributed by atoms with Gasteiger partial charge >= 0.3 is 0 Å². The maximum absolute atomic E-state index is 6.03. The Bertz CT molecular complexity index is 1240. The lowest BCUT2D eigenvalue weighted by atomic mass is 10.0. The smallest absolute Gasteiger partial charge is 0.0349 e. The molecule has 0 aliphatic carbocycles. The lowest BCUT2D eigenvalue weighted by molar-refractivity contribution is 0.787. The van der Waals surface area contributed by atoms with Crippen LogP contribution in [0.1, 0.15) is 79.8 Å². The molecule has 0 aliphatic heterocycles. The largest absolute Gasteiger partial charge is 0.399 e. The molecule has 0 spiro atoms. The number of rotatable bonds is 7. The summed E-state index contributed by atoms with van der Waals surface area (Å²) in [6.45, 7) is 12.7. The second kappa shape index (κ2) is 20.0. The van der Waals surface area contributed by atoms with Crippen molar-refractivity contribution in [2.24, 2.45) is 0 Å². The van der Waals surface area contributed by atoms with Gasteiger partial charge in [-0.1, -0.05) is 88.2 Å².